The van der Waals surface area contributed by atoms with Gasteiger partial charge < -0.3 is 14.7 Å². The van der Waals surface area contributed by atoms with Crippen molar-refractivity contribution in [3.63, 3.8) is 0 Å². The number of carboxylic acid groups (broad SMARTS) is 1. The van der Waals surface area contributed by atoms with E-state index in [1.807, 2.05) is 30.3 Å². The molecule has 0 radical (unpaired) electrons. The smallest absolute Gasteiger partial charge is 0.323 e. The average molecular weight is 459 g/mol. The zero-order valence-electron chi connectivity index (χ0n) is 19.9. The van der Waals surface area contributed by atoms with Crippen LogP contribution in [0.4, 0.5) is 0 Å². The molecule has 2 bridgehead atoms. The summed E-state index contributed by atoms with van der Waals surface area (Å²) in [5.41, 5.74) is 1.11. The molecule has 2 N–H and O–H groups in total. The molecule has 1 aromatic carbocycles. The number of esters is 1. The highest BCUT2D eigenvalue weighted by atomic mass is 16.5. The molecule has 2 aliphatic rings. The molecule has 2 saturated carbocycles. The predicted molar refractivity (Wildman–Crippen MR) is 126 cm³/mol. The molecular weight excluding hydrogens is 420 g/mol. The third-order valence-electron chi connectivity index (χ3n) is 7.17. The molecule has 1 amide bonds. The predicted octanol–water partition coefficient (Wildman–Crippen LogP) is 3.41. The Hall–Kier alpha value is -2.41. The van der Waals surface area contributed by atoms with Crippen LogP contribution in [0, 0.1) is 11.8 Å². The van der Waals surface area contributed by atoms with Gasteiger partial charge in [0.1, 0.15) is 12.6 Å². The highest BCUT2D eigenvalue weighted by Gasteiger charge is 2.43. The van der Waals surface area contributed by atoms with Crippen LogP contribution in [0.5, 0.6) is 0 Å². The standard InChI is InChI=1S/C26H38N2O5/c1-3-33-26(32)22(16-15-19-9-5-4-6-10-19)27-18(2)25(31)28(17-23(29)30)24-20-11-7-12-21(24)14-8-13-20/h4-6,9-10,18,20-22,24,27H,3,7-8,11-17H2,1-2H3,(H,29,30)/t18-,20?,21?,22-,24?/m0/s1. The molecule has 3 rings (SSSR count). The first-order chi connectivity index (χ1) is 15.9. The van der Waals surface area contributed by atoms with E-state index in [-0.39, 0.29) is 31.1 Å². The minimum Gasteiger partial charge on any atom is -0.480 e. The summed E-state index contributed by atoms with van der Waals surface area (Å²) in [7, 11) is 0. The number of hydrogen-bond acceptors (Lipinski definition) is 5. The van der Waals surface area contributed by atoms with Crippen molar-refractivity contribution in [3.8, 4) is 0 Å². The first kappa shape index (κ1) is 25.2. The van der Waals surface area contributed by atoms with Crippen LogP contribution in [0.1, 0.15) is 64.4 Å². The molecule has 2 atom stereocenters. The van der Waals surface area contributed by atoms with E-state index >= 15 is 0 Å². The Kier molecular flexibility index (Phi) is 9.30. The van der Waals surface area contributed by atoms with Crippen molar-refractivity contribution in [3.05, 3.63) is 35.9 Å². The van der Waals surface area contributed by atoms with Crippen molar-refractivity contribution in [1.82, 2.24) is 10.2 Å². The molecule has 182 valence electrons. The minimum atomic E-state index is -0.995. The molecule has 1 aromatic rings. The fraction of sp³-hybridized carbons (Fsp3) is 0.654. The quantitative estimate of drug-likeness (QED) is 0.494. The van der Waals surface area contributed by atoms with E-state index < -0.39 is 18.1 Å². The molecule has 33 heavy (non-hydrogen) atoms. The van der Waals surface area contributed by atoms with Gasteiger partial charge in [0.15, 0.2) is 0 Å². The second kappa shape index (κ2) is 12.2. The average Bonchev–Trinajstić information content (AvgIpc) is 2.79. The lowest BCUT2D eigenvalue weighted by Crippen LogP contribution is -2.59. The van der Waals surface area contributed by atoms with E-state index in [2.05, 4.69) is 5.32 Å². The Morgan fingerprint density at radius 2 is 1.70 bits per heavy atom. The lowest BCUT2D eigenvalue weighted by Gasteiger charge is -2.48. The van der Waals surface area contributed by atoms with Crippen LogP contribution >= 0.6 is 0 Å². The number of carbonyl (C=O) groups is 3. The molecule has 0 unspecified atom stereocenters. The van der Waals surface area contributed by atoms with Gasteiger partial charge in [-0.15, -0.1) is 0 Å². The Bertz CT molecular complexity index is 777. The Morgan fingerprint density at radius 3 is 2.24 bits per heavy atom. The summed E-state index contributed by atoms with van der Waals surface area (Å²) in [6.07, 6.45) is 7.67. The molecular formula is C26H38N2O5. The van der Waals surface area contributed by atoms with Gasteiger partial charge in [-0.2, -0.15) is 0 Å². The lowest BCUT2D eigenvalue weighted by atomic mass is 9.67. The maximum Gasteiger partial charge on any atom is 0.323 e. The van der Waals surface area contributed by atoms with Crippen molar-refractivity contribution >= 4 is 17.8 Å². The van der Waals surface area contributed by atoms with Crippen molar-refractivity contribution in [2.24, 2.45) is 11.8 Å². The number of amides is 1. The molecule has 0 saturated heterocycles. The summed E-state index contributed by atoms with van der Waals surface area (Å²) in [6, 6.07) is 8.53. The molecule has 0 aromatic heterocycles. The molecule has 7 heteroatoms. The zero-order chi connectivity index (χ0) is 23.8. The van der Waals surface area contributed by atoms with Crippen LogP contribution < -0.4 is 5.32 Å². The Balaban J connectivity index is 1.72. The molecule has 2 fully saturated rings. The van der Waals surface area contributed by atoms with Crippen molar-refractivity contribution < 1.29 is 24.2 Å². The van der Waals surface area contributed by atoms with E-state index in [1.54, 1.807) is 18.7 Å². The number of aliphatic carboxylic acids is 1. The van der Waals surface area contributed by atoms with Crippen LogP contribution in [0.2, 0.25) is 0 Å². The second-order valence-electron chi connectivity index (χ2n) is 9.45. The van der Waals surface area contributed by atoms with Gasteiger partial charge in [-0.3, -0.25) is 19.7 Å². The highest BCUT2D eigenvalue weighted by molar-refractivity contribution is 5.86. The van der Waals surface area contributed by atoms with Gasteiger partial charge >= 0.3 is 11.9 Å². The number of carboxylic acids is 1. The number of nitrogens with zero attached hydrogens (tertiary/aromatic N) is 1. The number of fused-ring (bicyclic) bond motifs is 2. The molecule has 0 aliphatic heterocycles. The molecule has 0 heterocycles. The lowest BCUT2D eigenvalue weighted by molar-refractivity contribution is -0.152. The van der Waals surface area contributed by atoms with Crippen LogP contribution in [0.3, 0.4) is 0 Å². The van der Waals surface area contributed by atoms with E-state index in [9.17, 15) is 19.5 Å². The number of hydrogen-bond donors (Lipinski definition) is 2. The monoisotopic (exact) mass is 458 g/mol. The summed E-state index contributed by atoms with van der Waals surface area (Å²) >= 11 is 0. The van der Waals surface area contributed by atoms with Crippen LogP contribution in [0.15, 0.2) is 30.3 Å². The third kappa shape index (κ3) is 6.79. The summed E-state index contributed by atoms with van der Waals surface area (Å²) in [5.74, 6) is -0.883. The van der Waals surface area contributed by atoms with Gasteiger partial charge in [-0.25, -0.2) is 0 Å². The Morgan fingerprint density at radius 1 is 1.09 bits per heavy atom. The Labute approximate surface area is 196 Å². The first-order valence-corrected chi connectivity index (χ1v) is 12.4. The van der Waals surface area contributed by atoms with Gasteiger partial charge in [-0.1, -0.05) is 43.2 Å². The molecule has 2 aliphatic carbocycles. The first-order valence-electron chi connectivity index (χ1n) is 12.4. The van der Waals surface area contributed by atoms with E-state index in [0.29, 0.717) is 24.7 Å². The fourth-order valence-electron chi connectivity index (χ4n) is 5.72. The second-order valence-corrected chi connectivity index (χ2v) is 9.45. The van der Waals surface area contributed by atoms with Gasteiger partial charge in [0.25, 0.3) is 0 Å². The van der Waals surface area contributed by atoms with Crippen molar-refractivity contribution in [1.29, 1.82) is 0 Å². The van der Waals surface area contributed by atoms with Gasteiger partial charge in [0.2, 0.25) is 5.91 Å². The topological polar surface area (TPSA) is 95.9 Å². The molecule has 7 nitrogen and oxygen atoms in total. The number of benzene rings is 1. The number of ether oxygens (including phenoxy) is 1. The maximum atomic E-state index is 13.5. The number of carbonyl (C=O) groups excluding carboxylic acids is 2. The van der Waals surface area contributed by atoms with Gasteiger partial charge in [0.05, 0.1) is 12.6 Å². The van der Waals surface area contributed by atoms with Crippen LogP contribution in [-0.4, -0.2) is 59.1 Å². The van der Waals surface area contributed by atoms with Crippen LogP contribution in [-0.2, 0) is 25.5 Å². The van der Waals surface area contributed by atoms with Gasteiger partial charge in [0, 0.05) is 6.04 Å². The summed E-state index contributed by atoms with van der Waals surface area (Å²) in [5, 5.41) is 12.7. The van der Waals surface area contributed by atoms with Crippen molar-refractivity contribution in [2.45, 2.75) is 83.3 Å². The minimum absolute atomic E-state index is 0.0225. The van der Waals surface area contributed by atoms with Gasteiger partial charge in [-0.05, 0) is 69.8 Å². The van der Waals surface area contributed by atoms with Crippen molar-refractivity contribution in [2.75, 3.05) is 13.2 Å². The SMILES string of the molecule is CCOC(=O)[C@H](CCc1ccccc1)N[C@@H](C)C(=O)N(CC(=O)O)C1C2CCCC1CCC2. The fourth-order valence-corrected chi connectivity index (χ4v) is 5.72. The maximum absolute atomic E-state index is 13.5. The zero-order valence-corrected chi connectivity index (χ0v) is 19.9. The summed E-state index contributed by atoms with van der Waals surface area (Å²) in [6.45, 7) is 3.46. The summed E-state index contributed by atoms with van der Waals surface area (Å²) in [4.78, 5) is 39.5. The number of nitrogens with one attached hydrogen (secondary N) is 1. The normalized spacial score (nSPS) is 23.9. The van der Waals surface area contributed by atoms with Crippen LogP contribution in [0.25, 0.3) is 0 Å². The largest absolute Gasteiger partial charge is 0.480 e. The third-order valence-corrected chi connectivity index (χ3v) is 7.17. The number of rotatable bonds is 11. The van der Waals surface area contributed by atoms with E-state index in [0.717, 1.165) is 44.1 Å². The summed E-state index contributed by atoms with van der Waals surface area (Å²) < 4.78 is 5.25. The van der Waals surface area contributed by atoms with E-state index in [1.165, 1.54) is 0 Å². The van der Waals surface area contributed by atoms with E-state index in [4.69, 9.17) is 4.74 Å². The highest BCUT2D eigenvalue weighted by Crippen LogP contribution is 2.42. The molecule has 0 spiro atoms. The number of aryl methyl sites for hydroxylation is 1.